The average molecular weight is 455 g/mol. The fourth-order valence-electron chi connectivity index (χ4n) is 2.35. The van der Waals surface area contributed by atoms with E-state index in [2.05, 4.69) is 26.0 Å². The smallest absolute Gasteiger partial charge is 0.251 e. The molecule has 0 fully saturated rings. The Hall–Kier alpha value is -1.90. The monoisotopic (exact) mass is 454 g/mol. The topological polar surface area (TPSA) is 84.5 Å². The third-order valence-corrected chi connectivity index (χ3v) is 5.93. The lowest BCUT2D eigenvalue weighted by Gasteiger charge is -2.20. The van der Waals surface area contributed by atoms with E-state index >= 15 is 0 Å². The lowest BCUT2D eigenvalue weighted by Crippen LogP contribution is -2.40. The second-order valence-corrected chi connectivity index (χ2v) is 9.57. The van der Waals surface area contributed by atoms with Gasteiger partial charge in [0.25, 0.3) is 5.91 Å². The number of methoxy groups -OCH3 is 1. The quantitative estimate of drug-likeness (QED) is 0.699. The molecule has 0 heterocycles. The number of ether oxygens (including phenoxy) is 1. The molecule has 6 nitrogen and oxygen atoms in total. The predicted molar refractivity (Wildman–Crippen MR) is 108 cm³/mol. The fourth-order valence-corrected chi connectivity index (χ4v) is 4.36. The average Bonchev–Trinajstić information content (AvgIpc) is 2.58. The predicted octanol–water partition coefficient (Wildman–Crippen LogP) is 3.46. The van der Waals surface area contributed by atoms with Gasteiger partial charge in [0.05, 0.1) is 16.5 Å². The maximum Gasteiger partial charge on any atom is 0.251 e. The van der Waals surface area contributed by atoms with E-state index < -0.39 is 15.6 Å². The molecule has 0 unspecified atom stereocenters. The molecule has 0 spiro atoms. The van der Waals surface area contributed by atoms with Crippen molar-refractivity contribution in [2.75, 3.05) is 7.11 Å². The summed E-state index contributed by atoms with van der Waals surface area (Å²) in [4.78, 5) is 12.4. The van der Waals surface area contributed by atoms with Gasteiger partial charge in [-0.15, -0.1) is 0 Å². The Labute approximate surface area is 168 Å². The first-order valence-corrected chi connectivity index (χ1v) is 10.5. The first-order chi connectivity index (χ1) is 12.5. The first kappa shape index (κ1) is 21.4. The third-order valence-electron chi connectivity index (χ3n) is 3.54. The van der Waals surface area contributed by atoms with E-state index in [4.69, 9.17) is 4.74 Å². The SMILES string of the molecule is COc1ccc(CNC(=O)c2ccc(S(=O)(=O)NC(C)(C)C)cc2)cc1Br. The van der Waals surface area contributed by atoms with E-state index in [0.717, 1.165) is 10.0 Å². The van der Waals surface area contributed by atoms with Crippen molar-refractivity contribution in [3.05, 3.63) is 58.1 Å². The van der Waals surface area contributed by atoms with Gasteiger partial charge in [0, 0.05) is 17.6 Å². The van der Waals surface area contributed by atoms with Gasteiger partial charge in [-0.25, -0.2) is 13.1 Å². The summed E-state index contributed by atoms with van der Waals surface area (Å²) in [7, 11) is -2.04. The van der Waals surface area contributed by atoms with E-state index in [-0.39, 0.29) is 10.8 Å². The summed E-state index contributed by atoms with van der Waals surface area (Å²) in [6, 6.07) is 11.4. The van der Waals surface area contributed by atoms with Crippen LogP contribution in [0.1, 0.15) is 36.7 Å². The number of hydrogen-bond acceptors (Lipinski definition) is 4. The Morgan fingerprint density at radius 1 is 1.11 bits per heavy atom. The molecule has 27 heavy (non-hydrogen) atoms. The van der Waals surface area contributed by atoms with Gasteiger partial charge in [-0.2, -0.15) is 0 Å². The van der Waals surface area contributed by atoms with Crippen molar-refractivity contribution in [3.8, 4) is 5.75 Å². The van der Waals surface area contributed by atoms with Crippen molar-refractivity contribution in [1.82, 2.24) is 10.0 Å². The highest BCUT2D eigenvalue weighted by atomic mass is 79.9. The van der Waals surface area contributed by atoms with Crippen LogP contribution in [0, 0.1) is 0 Å². The van der Waals surface area contributed by atoms with Crippen LogP contribution in [0.2, 0.25) is 0 Å². The zero-order valence-electron chi connectivity index (χ0n) is 15.7. The summed E-state index contributed by atoms with van der Waals surface area (Å²) in [6.07, 6.45) is 0. The van der Waals surface area contributed by atoms with Crippen LogP contribution in [0.4, 0.5) is 0 Å². The summed E-state index contributed by atoms with van der Waals surface area (Å²) >= 11 is 3.41. The third kappa shape index (κ3) is 6.05. The summed E-state index contributed by atoms with van der Waals surface area (Å²) in [5, 5.41) is 2.81. The summed E-state index contributed by atoms with van der Waals surface area (Å²) in [5.41, 5.74) is 0.712. The summed E-state index contributed by atoms with van der Waals surface area (Å²) < 4.78 is 33.2. The molecule has 0 aliphatic heterocycles. The lowest BCUT2D eigenvalue weighted by atomic mass is 10.1. The van der Waals surface area contributed by atoms with Gasteiger partial charge in [0.2, 0.25) is 10.0 Å². The molecule has 0 radical (unpaired) electrons. The number of nitrogens with one attached hydrogen (secondary N) is 2. The fraction of sp³-hybridized carbons (Fsp3) is 0.316. The minimum absolute atomic E-state index is 0.119. The second-order valence-electron chi connectivity index (χ2n) is 7.03. The minimum atomic E-state index is -3.63. The van der Waals surface area contributed by atoms with Crippen LogP contribution in [0.25, 0.3) is 0 Å². The van der Waals surface area contributed by atoms with Crippen molar-refractivity contribution >= 4 is 31.9 Å². The molecule has 2 aromatic rings. The zero-order chi connectivity index (χ0) is 20.2. The van der Waals surface area contributed by atoms with E-state index in [1.54, 1.807) is 27.9 Å². The number of benzene rings is 2. The number of carbonyl (C=O) groups is 1. The molecule has 2 rings (SSSR count). The van der Waals surface area contributed by atoms with Gasteiger partial charge in [0.15, 0.2) is 0 Å². The molecule has 0 aliphatic rings. The van der Waals surface area contributed by atoms with Crippen LogP contribution in [0.15, 0.2) is 51.8 Å². The molecule has 2 aromatic carbocycles. The number of carbonyl (C=O) groups excluding carboxylic acids is 1. The Kier molecular flexibility index (Phi) is 6.67. The van der Waals surface area contributed by atoms with E-state index in [1.165, 1.54) is 24.3 Å². The molecule has 8 heteroatoms. The Morgan fingerprint density at radius 3 is 2.26 bits per heavy atom. The van der Waals surface area contributed by atoms with Gasteiger partial charge >= 0.3 is 0 Å². The largest absolute Gasteiger partial charge is 0.496 e. The number of rotatable bonds is 6. The normalized spacial score (nSPS) is 11.9. The molecular weight excluding hydrogens is 432 g/mol. The second kappa shape index (κ2) is 8.41. The van der Waals surface area contributed by atoms with Crippen molar-refractivity contribution in [2.24, 2.45) is 0 Å². The lowest BCUT2D eigenvalue weighted by molar-refractivity contribution is 0.0951. The molecule has 0 atom stereocenters. The van der Waals surface area contributed by atoms with E-state index in [9.17, 15) is 13.2 Å². The summed E-state index contributed by atoms with van der Waals surface area (Å²) in [6.45, 7) is 5.64. The number of amides is 1. The van der Waals surface area contributed by atoms with Crippen LogP contribution < -0.4 is 14.8 Å². The molecule has 146 valence electrons. The van der Waals surface area contributed by atoms with Gasteiger partial charge in [-0.3, -0.25) is 4.79 Å². The highest BCUT2D eigenvalue weighted by Crippen LogP contribution is 2.25. The van der Waals surface area contributed by atoms with Crippen molar-refractivity contribution in [1.29, 1.82) is 0 Å². The zero-order valence-corrected chi connectivity index (χ0v) is 18.1. The van der Waals surface area contributed by atoms with Gasteiger partial charge in [0.1, 0.15) is 5.75 Å². The molecule has 2 N–H and O–H groups in total. The number of sulfonamides is 1. The van der Waals surface area contributed by atoms with E-state index in [0.29, 0.717) is 17.9 Å². The highest BCUT2D eigenvalue weighted by Gasteiger charge is 2.22. The Balaban J connectivity index is 2.04. The van der Waals surface area contributed by atoms with Crippen LogP contribution >= 0.6 is 15.9 Å². The Morgan fingerprint density at radius 2 is 1.74 bits per heavy atom. The minimum Gasteiger partial charge on any atom is -0.496 e. The maximum absolute atomic E-state index is 12.3. The van der Waals surface area contributed by atoms with Crippen LogP contribution in [-0.2, 0) is 16.6 Å². The van der Waals surface area contributed by atoms with E-state index in [1.807, 2.05) is 18.2 Å². The van der Waals surface area contributed by atoms with Crippen LogP contribution in [0.5, 0.6) is 5.75 Å². The number of halogens is 1. The highest BCUT2D eigenvalue weighted by molar-refractivity contribution is 9.10. The van der Waals surface area contributed by atoms with Crippen molar-refractivity contribution < 1.29 is 17.9 Å². The van der Waals surface area contributed by atoms with Gasteiger partial charge < -0.3 is 10.1 Å². The molecule has 0 saturated carbocycles. The first-order valence-electron chi connectivity index (χ1n) is 8.26. The maximum atomic E-state index is 12.3. The molecule has 0 aromatic heterocycles. The Bertz CT molecular complexity index is 920. The van der Waals surface area contributed by atoms with Crippen LogP contribution in [0.3, 0.4) is 0 Å². The van der Waals surface area contributed by atoms with Crippen molar-refractivity contribution in [2.45, 2.75) is 37.8 Å². The molecule has 1 amide bonds. The molecule has 0 aliphatic carbocycles. The van der Waals surface area contributed by atoms with Gasteiger partial charge in [-0.1, -0.05) is 6.07 Å². The van der Waals surface area contributed by atoms with Crippen LogP contribution in [-0.4, -0.2) is 27.0 Å². The van der Waals surface area contributed by atoms with Crippen molar-refractivity contribution in [3.63, 3.8) is 0 Å². The summed E-state index contributed by atoms with van der Waals surface area (Å²) in [5.74, 6) is 0.431. The number of hydrogen-bond donors (Lipinski definition) is 2. The van der Waals surface area contributed by atoms with Gasteiger partial charge in [-0.05, 0) is 78.7 Å². The molecular formula is C19H23BrN2O4S. The standard InChI is InChI=1S/C19H23BrN2O4S/c1-19(2,3)22-27(24,25)15-8-6-14(7-9-15)18(23)21-12-13-5-10-17(26-4)16(20)11-13/h5-11,22H,12H2,1-4H3,(H,21,23). The molecule has 0 saturated heterocycles. The molecule has 0 bridgehead atoms.